The number of halogens is 1. The van der Waals surface area contributed by atoms with E-state index < -0.39 is 0 Å². The van der Waals surface area contributed by atoms with Crippen LogP contribution in [-0.4, -0.2) is 18.9 Å². The number of ether oxygens (including phenoxy) is 2. The summed E-state index contributed by atoms with van der Waals surface area (Å²) in [6, 6.07) is 12.1. The second-order valence-electron chi connectivity index (χ2n) is 4.90. The predicted octanol–water partition coefficient (Wildman–Crippen LogP) is 3.54. The summed E-state index contributed by atoms with van der Waals surface area (Å²) in [6.07, 6.45) is 0. The molecule has 0 amide bonds. The molecule has 22 heavy (non-hydrogen) atoms. The highest BCUT2D eigenvalue weighted by atomic mass is 19.1. The first kappa shape index (κ1) is 14.4. The van der Waals surface area contributed by atoms with E-state index in [1.54, 1.807) is 18.2 Å². The van der Waals surface area contributed by atoms with Crippen LogP contribution in [0.1, 0.15) is 18.1 Å². The quantitative estimate of drug-likeness (QED) is 0.640. The van der Waals surface area contributed by atoms with E-state index in [1.165, 1.54) is 6.07 Å². The van der Waals surface area contributed by atoms with Crippen molar-refractivity contribution in [1.29, 1.82) is 0 Å². The highest BCUT2D eigenvalue weighted by Crippen LogP contribution is 2.30. The molecule has 0 aromatic heterocycles. The van der Waals surface area contributed by atoms with Crippen molar-refractivity contribution in [2.24, 2.45) is 5.16 Å². The molecule has 2 aromatic rings. The first-order chi connectivity index (χ1) is 10.7. The SMILES string of the molecule is C/C(=N\OCc1ccccc1F)c1ccc2c(c1)OCCO2. The van der Waals surface area contributed by atoms with Gasteiger partial charge in [0.2, 0.25) is 0 Å². The van der Waals surface area contributed by atoms with Crippen molar-refractivity contribution in [3.05, 3.63) is 59.4 Å². The van der Waals surface area contributed by atoms with E-state index in [-0.39, 0.29) is 12.4 Å². The lowest BCUT2D eigenvalue weighted by atomic mass is 10.1. The highest BCUT2D eigenvalue weighted by molar-refractivity contribution is 5.98. The molecule has 0 spiro atoms. The molecule has 0 radical (unpaired) electrons. The van der Waals surface area contributed by atoms with Crippen molar-refractivity contribution >= 4 is 5.71 Å². The lowest BCUT2D eigenvalue weighted by Gasteiger charge is -2.18. The van der Waals surface area contributed by atoms with Gasteiger partial charge in [-0.3, -0.25) is 0 Å². The summed E-state index contributed by atoms with van der Waals surface area (Å²) in [5.41, 5.74) is 2.03. The number of fused-ring (bicyclic) bond motifs is 1. The Morgan fingerprint density at radius 2 is 1.91 bits per heavy atom. The fourth-order valence-corrected chi connectivity index (χ4v) is 2.14. The molecule has 1 heterocycles. The number of nitrogens with zero attached hydrogens (tertiary/aromatic N) is 1. The maximum atomic E-state index is 13.5. The summed E-state index contributed by atoms with van der Waals surface area (Å²) in [5, 5.41) is 4.03. The molecular formula is C17H16FNO3. The van der Waals surface area contributed by atoms with Crippen LogP contribution in [0, 0.1) is 5.82 Å². The third kappa shape index (κ3) is 3.19. The first-order valence-corrected chi connectivity index (χ1v) is 7.04. The van der Waals surface area contributed by atoms with E-state index in [0.717, 1.165) is 11.3 Å². The molecule has 0 N–H and O–H groups in total. The largest absolute Gasteiger partial charge is 0.486 e. The van der Waals surface area contributed by atoms with E-state index >= 15 is 0 Å². The van der Waals surface area contributed by atoms with E-state index in [4.69, 9.17) is 14.3 Å². The van der Waals surface area contributed by atoms with Gasteiger partial charge in [0.05, 0.1) is 5.71 Å². The van der Waals surface area contributed by atoms with Gasteiger partial charge in [-0.1, -0.05) is 23.4 Å². The van der Waals surface area contributed by atoms with E-state index in [2.05, 4.69) is 5.16 Å². The van der Waals surface area contributed by atoms with Crippen molar-refractivity contribution in [2.75, 3.05) is 13.2 Å². The first-order valence-electron chi connectivity index (χ1n) is 7.04. The average Bonchev–Trinajstić information content (AvgIpc) is 2.56. The zero-order chi connectivity index (χ0) is 15.4. The maximum absolute atomic E-state index is 13.5. The second-order valence-corrected chi connectivity index (χ2v) is 4.90. The van der Waals surface area contributed by atoms with Crippen molar-refractivity contribution in [3.8, 4) is 11.5 Å². The molecule has 0 saturated heterocycles. The lowest BCUT2D eigenvalue weighted by molar-refractivity contribution is 0.128. The number of benzene rings is 2. The molecule has 1 aliphatic rings. The van der Waals surface area contributed by atoms with Gasteiger partial charge in [-0.15, -0.1) is 0 Å². The Morgan fingerprint density at radius 3 is 2.73 bits per heavy atom. The van der Waals surface area contributed by atoms with Crippen LogP contribution in [0.5, 0.6) is 11.5 Å². The summed E-state index contributed by atoms with van der Waals surface area (Å²) in [7, 11) is 0. The molecule has 0 aliphatic carbocycles. The predicted molar refractivity (Wildman–Crippen MR) is 80.8 cm³/mol. The van der Waals surface area contributed by atoms with Crippen LogP contribution >= 0.6 is 0 Å². The Labute approximate surface area is 128 Å². The molecule has 2 aromatic carbocycles. The molecule has 114 valence electrons. The summed E-state index contributed by atoms with van der Waals surface area (Å²) >= 11 is 0. The third-order valence-electron chi connectivity index (χ3n) is 3.34. The van der Waals surface area contributed by atoms with Crippen LogP contribution in [0.4, 0.5) is 4.39 Å². The average molecular weight is 301 g/mol. The van der Waals surface area contributed by atoms with E-state index in [1.807, 2.05) is 25.1 Å². The number of rotatable bonds is 4. The van der Waals surface area contributed by atoms with Crippen LogP contribution in [0.25, 0.3) is 0 Å². The van der Waals surface area contributed by atoms with Gasteiger partial charge in [0.15, 0.2) is 11.5 Å². The van der Waals surface area contributed by atoms with Crippen LogP contribution in [-0.2, 0) is 11.4 Å². The third-order valence-corrected chi connectivity index (χ3v) is 3.34. The summed E-state index contributed by atoms with van der Waals surface area (Å²) in [6.45, 7) is 3.02. The molecular weight excluding hydrogens is 285 g/mol. The summed E-state index contributed by atoms with van der Waals surface area (Å²) in [4.78, 5) is 5.24. The minimum absolute atomic E-state index is 0.0918. The Bertz CT molecular complexity index is 700. The normalized spacial score (nSPS) is 13.8. The molecule has 4 nitrogen and oxygen atoms in total. The Balaban J connectivity index is 1.68. The Kier molecular flexibility index (Phi) is 4.23. The van der Waals surface area contributed by atoms with Gasteiger partial charge in [0, 0.05) is 11.1 Å². The van der Waals surface area contributed by atoms with E-state index in [9.17, 15) is 4.39 Å². The molecule has 0 unspecified atom stereocenters. The van der Waals surface area contributed by atoms with Gasteiger partial charge in [-0.25, -0.2) is 4.39 Å². The van der Waals surface area contributed by atoms with Crippen LogP contribution in [0.2, 0.25) is 0 Å². The summed E-state index contributed by atoms with van der Waals surface area (Å²) < 4.78 is 24.5. The van der Waals surface area contributed by atoms with Gasteiger partial charge in [-0.2, -0.15) is 0 Å². The molecule has 0 atom stereocenters. The minimum Gasteiger partial charge on any atom is -0.486 e. The van der Waals surface area contributed by atoms with Crippen molar-refractivity contribution in [3.63, 3.8) is 0 Å². The topological polar surface area (TPSA) is 40.0 Å². The Morgan fingerprint density at radius 1 is 1.14 bits per heavy atom. The number of oxime groups is 1. The van der Waals surface area contributed by atoms with Gasteiger partial charge in [0.1, 0.15) is 25.6 Å². The maximum Gasteiger partial charge on any atom is 0.162 e. The smallest absolute Gasteiger partial charge is 0.162 e. The van der Waals surface area contributed by atoms with Gasteiger partial charge in [-0.05, 0) is 31.2 Å². The van der Waals surface area contributed by atoms with Gasteiger partial charge >= 0.3 is 0 Å². The van der Waals surface area contributed by atoms with Gasteiger partial charge < -0.3 is 14.3 Å². The fourth-order valence-electron chi connectivity index (χ4n) is 2.14. The number of hydrogen-bond donors (Lipinski definition) is 0. The lowest BCUT2D eigenvalue weighted by Crippen LogP contribution is -2.15. The number of hydrogen-bond acceptors (Lipinski definition) is 4. The van der Waals surface area contributed by atoms with Crippen LogP contribution in [0.3, 0.4) is 0 Å². The zero-order valence-corrected chi connectivity index (χ0v) is 12.2. The second kappa shape index (κ2) is 6.47. The highest BCUT2D eigenvalue weighted by Gasteiger charge is 2.12. The molecule has 1 aliphatic heterocycles. The van der Waals surface area contributed by atoms with Crippen LogP contribution < -0.4 is 9.47 Å². The fraction of sp³-hybridized carbons (Fsp3) is 0.235. The Hall–Kier alpha value is -2.56. The zero-order valence-electron chi connectivity index (χ0n) is 12.2. The van der Waals surface area contributed by atoms with Crippen LogP contribution in [0.15, 0.2) is 47.6 Å². The van der Waals surface area contributed by atoms with E-state index in [0.29, 0.717) is 30.2 Å². The molecule has 5 heteroatoms. The van der Waals surface area contributed by atoms with Crippen molar-refractivity contribution < 1.29 is 18.7 Å². The molecule has 0 saturated carbocycles. The minimum atomic E-state index is -0.297. The molecule has 0 bridgehead atoms. The van der Waals surface area contributed by atoms with Gasteiger partial charge in [0.25, 0.3) is 0 Å². The monoisotopic (exact) mass is 301 g/mol. The van der Waals surface area contributed by atoms with Crippen molar-refractivity contribution in [2.45, 2.75) is 13.5 Å². The molecule has 3 rings (SSSR count). The summed E-state index contributed by atoms with van der Waals surface area (Å²) in [5.74, 6) is 1.14. The molecule has 0 fully saturated rings. The van der Waals surface area contributed by atoms with Crippen molar-refractivity contribution in [1.82, 2.24) is 0 Å². The standard InChI is InChI=1S/C17H16FNO3/c1-12(19-22-11-14-4-2-3-5-15(14)18)13-6-7-16-17(10-13)21-9-8-20-16/h2-7,10H,8-9,11H2,1H3/b19-12+.